The quantitative estimate of drug-likeness (QED) is 0.794. The van der Waals surface area contributed by atoms with Crippen LogP contribution in [-0.2, 0) is 0 Å². The SMILES string of the molecule is Cc1cc(C(C)n2cnc3c(C(=O)O)cccc32)c(C)s1. The van der Waals surface area contributed by atoms with Gasteiger partial charge >= 0.3 is 5.97 Å². The molecule has 108 valence electrons. The van der Waals surface area contributed by atoms with Crippen LogP contribution in [0.4, 0.5) is 0 Å². The van der Waals surface area contributed by atoms with Gasteiger partial charge in [0.2, 0.25) is 0 Å². The van der Waals surface area contributed by atoms with Crippen molar-refractivity contribution in [1.29, 1.82) is 0 Å². The van der Waals surface area contributed by atoms with Gasteiger partial charge in [0.05, 0.1) is 23.4 Å². The van der Waals surface area contributed by atoms with Crippen LogP contribution in [0.1, 0.15) is 38.6 Å². The van der Waals surface area contributed by atoms with Crippen molar-refractivity contribution in [3.8, 4) is 0 Å². The zero-order valence-electron chi connectivity index (χ0n) is 12.1. The summed E-state index contributed by atoms with van der Waals surface area (Å²) in [5.74, 6) is -0.943. The lowest BCUT2D eigenvalue weighted by atomic mass is 10.1. The average Bonchev–Trinajstić information content (AvgIpc) is 3.00. The zero-order valence-corrected chi connectivity index (χ0v) is 12.9. The molecule has 1 atom stereocenters. The number of carbonyl (C=O) groups is 1. The molecule has 2 aromatic heterocycles. The van der Waals surface area contributed by atoms with E-state index in [1.54, 1.807) is 29.8 Å². The second kappa shape index (κ2) is 5.00. The smallest absolute Gasteiger partial charge is 0.337 e. The first-order valence-electron chi connectivity index (χ1n) is 6.75. The van der Waals surface area contributed by atoms with Crippen molar-refractivity contribution in [2.75, 3.05) is 0 Å². The Morgan fingerprint density at radius 3 is 2.76 bits per heavy atom. The van der Waals surface area contributed by atoms with E-state index in [0.717, 1.165) is 5.52 Å². The third-order valence-corrected chi connectivity index (χ3v) is 4.76. The van der Waals surface area contributed by atoms with Crippen molar-refractivity contribution >= 4 is 28.3 Å². The number of aryl methyl sites for hydroxylation is 2. The van der Waals surface area contributed by atoms with Gasteiger partial charge in [-0.2, -0.15) is 0 Å². The number of thiophene rings is 1. The molecule has 1 N–H and O–H groups in total. The summed E-state index contributed by atoms with van der Waals surface area (Å²) >= 11 is 1.78. The first-order chi connectivity index (χ1) is 9.99. The van der Waals surface area contributed by atoms with Crippen molar-refractivity contribution in [2.45, 2.75) is 26.8 Å². The molecule has 0 aliphatic heterocycles. The minimum Gasteiger partial charge on any atom is -0.478 e. The Morgan fingerprint density at radius 2 is 2.14 bits per heavy atom. The van der Waals surface area contributed by atoms with E-state index in [1.807, 2.05) is 10.6 Å². The maximum Gasteiger partial charge on any atom is 0.337 e. The molecule has 0 aliphatic carbocycles. The largest absolute Gasteiger partial charge is 0.478 e. The van der Waals surface area contributed by atoms with Crippen molar-refractivity contribution in [3.05, 3.63) is 51.5 Å². The highest BCUT2D eigenvalue weighted by molar-refractivity contribution is 7.12. The summed E-state index contributed by atoms with van der Waals surface area (Å²) in [4.78, 5) is 18.2. The van der Waals surface area contributed by atoms with Crippen LogP contribution in [0.25, 0.3) is 11.0 Å². The second-order valence-corrected chi connectivity index (χ2v) is 6.64. The zero-order chi connectivity index (χ0) is 15.1. The molecule has 4 nitrogen and oxygen atoms in total. The highest BCUT2D eigenvalue weighted by atomic mass is 32.1. The van der Waals surface area contributed by atoms with Gasteiger partial charge in [0.25, 0.3) is 0 Å². The van der Waals surface area contributed by atoms with Crippen LogP contribution in [0.3, 0.4) is 0 Å². The number of carboxylic acid groups (broad SMARTS) is 1. The van der Waals surface area contributed by atoms with Crippen molar-refractivity contribution in [3.63, 3.8) is 0 Å². The summed E-state index contributed by atoms with van der Waals surface area (Å²) in [7, 11) is 0. The maximum absolute atomic E-state index is 11.3. The van der Waals surface area contributed by atoms with Crippen molar-refractivity contribution < 1.29 is 9.90 Å². The lowest BCUT2D eigenvalue weighted by Gasteiger charge is -2.14. The van der Waals surface area contributed by atoms with E-state index in [0.29, 0.717) is 5.52 Å². The van der Waals surface area contributed by atoms with E-state index in [2.05, 4.69) is 31.8 Å². The standard InChI is InChI=1S/C16H16N2O2S/c1-9-7-13(11(3)21-9)10(2)18-8-17-15-12(16(19)20)5-4-6-14(15)18/h4-8,10H,1-3H3,(H,19,20). The molecule has 0 saturated heterocycles. The molecular weight excluding hydrogens is 284 g/mol. The van der Waals surface area contributed by atoms with Gasteiger partial charge in [0.15, 0.2) is 0 Å². The number of para-hydroxylation sites is 1. The van der Waals surface area contributed by atoms with Crippen LogP contribution in [0, 0.1) is 13.8 Å². The number of carboxylic acids is 1. The van der Waals surface area contributed by atoms with Crippen molar-refractivity contribution in [1.82, 2.24) is 9.55 Å². The highest BCUT2D eigenvalue weighted by Gasteiger charge is 2.18. The summed E-state index contributed by atoms with van der Waals surface area (Å²) in [6, 6.07) is 7.59. The van der Waals surface area contributed by atoms with E-state index in [-0.39, 0.29) is 11.6 Å². The van der Waals surface area contributed by atoms with E-state index in [9.17, 15) is 9.90 Å². The number of imidazole rings is 1. The summed E-state index contributed by atoms with van der Waals surface area (Å²) in [6.07, 6.45) is 1.73. The van der Waals surface area contributed by atoms with Crippen molar-refractivity contribution in [2.24, 2.45) is 0 Å². The van der Waals surface area contributed by atoms with Gasteiger partial charge < -0.3 is 9.67 Å². The maximum atomic E-state index is 11.3. The predicted octanol–water partition coefficient (Wildman–Crippen LogP) is 4.02. The minimum absolute atomic E-state index is 0.129. The third kappa shape index (κ3) is 2.23. The van der Waals surface area contributed by atoms with E-state index in [1.165, 1.54) is 15.3 Å². The first kappa shape index (κ1) is 13.8. The van der Waals surface area contributed by atoms with Crippen LogP contribution in [-0.4, -0.2) is 20.6 Å². The summed E-state index contributed by atoms with van der Waals surface area (Å²) < 4.78 is 2.04. The van der Waals surface area contributed by atoms with Gasteiger partial charge in [-0.15, -0.1) is 11.3 Å². The fraction of sp³-hybridized carbons (Fsp3) is 0.250. The number of benzene rings is 1. The molecule has 0 saturated carbocycles. The molecule has 0 spiro atoms. The molecule has 3 aromatic rings. The monoisotopic (exact) mass is 300 g/mol. The average molecular weight is 300 g/mol. The molecule has 0 fully saturated rings. The molecule has 1 aromatic carbocycles. The minimum atomic E-state index is -0.943. The van der Waals surface area contributed by atoms with Crippen LogP contribution >= 0.6 is 11.3 Å². The number of fused-ring (bicyclic) bond motifs is 1. The van der Waals surface area contributed by atoms with Gasteiger partial charge in [0.1, 0.15) is 5.52 Å². The Labute approximate surface area is 126 Å². The molecule has 0 bridgehead atoms. The van der Waals surface area contributed by atoms with Gasteiger partial charge in [-0.25, -0.2) is 9.78 Å². The number of hydrogen-bond donors (Lipinski definition) is 1. The summed E-state index contributed by atoms with van der Waals surface area (Å²) in [5, 5.41) is 9.25. The molecule has 3 rings (SSSR count). The van der Waals surface area contributed by atoms with Gasteiger partial charge in [-0.3, -0.25) is 0 Å². The van der Waals surface area contributed by atoms with E-state index >= 15 is 0 Å². The Balaban J connectivity index is 2.15. The number of hydrogen-bond acceptors (Lipinski definition) is 3. The number of nitrogens with zero attached hydrogens (tertiary/aromatic N) is 2. The highest BCUT2D eigenvalue weighted by Crippen LogP contribution is 2.31. The lowest BCUT2D eigenvalue weighted by molar-refractivity contribution is 0.0699. The Kier molecular flexibility index (Phi) is 3.29. The molecular formula is C16H16N2O2S. The fourth-order valence-electron chi connectivity index (χ4n) is 2.75. The van der Waals surface area contributed by atoms with E-state index < -0.39 is 5.97 Å². The third-order valence-electron chi connectivity index (χ3n) is 3.78. The Bertz CT molecular complexity index is 832. The molecule has 1 unspecified atom stereocenters. The lowest BCUT2D eigenvalue weighted by Crippen LogP contribution is -2.06. The molecule has 21 heavy (non-hydrogen) atoms. The molecule has 5 heteroatoms. The first-order valence-corrected chi connectivity index (χ1v) is 7.56. The normalized spacial score (nSPS) is 12.7. The van der Waals surface area contributed by atoms with Gasteiger partial charge in [0, 0.05) is 9.75 Å². The van der Waals surface area contributed by atoms with Gasteiger partial charge in [-0.1, -0.05) is 6.07 Å². The topological polar surface area (TPSA) is 55.1 Å². The number of rotatable bonds is 3. The van der Waals surface area contributed by atoms with Gasteiger partial charge in [-0.05, 0) is 44.5 Å². The fourth-order valence-corrected chi connectivity index (χ4v) is 3.77. The Morgan fingerprint density at radius 1 is 1.38 bits per heavy atom. The summed E-state index contributed by atoms with van der Waals surface area (Å²) in [5.41, 5.74) is 2.90. The number of aromatic carboxylic acids is 1. The van der Waals surface area contributed by atoms with Crippen LogP contribution in [0.2, 0.25) is 0 Å². The van der Waals surface area contributed by atoms with Crippen LogP contribution in [0.15, 0.2) is 30.6 Å². The predicted molar refractivity (Wildman–Crippen MR) is 84.3 cm³/mol. The molecule has 2 heterocycles. The second-order valence-electron chi connectivity index (χ2n) is 5.17. The summed E-state index contributed by atoms with van der Waals surface area (Å²) in [6.45, 7) is 6.33. The molecule has 0 amide bonds. The van der Waals surface area contributed by atoms with E-state index in [4.69, 9.17) is 0 Å². The van der Waals surface area contributed by atoms with Crippen LogP contribution in [0.5, 0.6) is 0 Å². The molecule has 0 aliphatic rings. The number of aromatic nitrogens is 2. The van der Waals surface area contributed by atoms with Crippen LogP contribution < -0.4 is 0 Å². The Hall–Kier alpha value is -2.14. The molecule has 0 radical (unpaired) electrons.